The normalized spacial score (nSPS) is 25.7. The lowest BCUT2D eigenvalue weighted by atomic mass is 10.0. The standard InChI is InChI=1S/C30H35N7/c1-4-20-11-22(36-18-27-29-30(36)37(27)29)13-25(33-3)28(20)35(24(14-31)15-32-2)17-23-12-21-7-5-6-8-26(21)34(23)16-19-9-10-19/h5-8,11-15,19,27,29-30H,3-4,9-10,16-18,31H2,1-2H3. The fourth-order valence-corrected chi connectivity index (χ4v) is 6.48. The van der Waals surface area contributed by atoms with Gasteiger partial charge < -0.3 is 20.1 Å². The van der Waals surface area contributed by atoms with Crippen LogP contribution in [0.1, 0.15) is 31.0 Å². The predicted octanol–water partition coefficient (Wildman–Crippen LogP) is 4.67. The molecule has 5 aliphatic rings. The van der Waals surface area contributed by atoms with Crippen LogP contribution in [-0.2, 0) is 19.5 Å². The first-order chi connectivity index (χ1) is 18.2. The summed E-state index contributed by atoms with van der Waals surface area (Å²) >= 11 is 0. The van der Waals surface area contributed by atoms with Crippen molar-refractivity contribution in [1.29, 1.82) is 0 Å². The summed E-state index contributed by atoms with van der Waals surface area (Å²) in [7, 11) is 1.79. The molecule has 1 aromatic heterocycles. The molecule has 4 atom stereocenters. The van der Waals surface area contributed by atoms with Crippen LogP contribution in [0, 0.1) is 5.92 Å². The highest BCUT2D eigenvalue weighted by molar-refractivity contribution is 5.90. The quantitative estimate of drug-likeness (QED) is 0.329. The summed E-state index contributed by atoms with van der Waals surface area (Å²) in [6, 6.07) is 17.2. The average Bonchev–Trinajstić information content (AvgIpc) is 3.88. The first kappa shape index (κ1) is 22.6. The van der Waals surface area contributed by atoms with E-state index in [1.54, 1.807) is 13.2 Å². The van der Waals surface area contributed by atoms with Crippen LogP contribution in [0.2, 0.25) is 0 Å². The summed E-state index contributed by atoms with van der Waals surface area (Å²) in [4.78, 5) is 16.3. The summed E-state index contributed by atoms with van der Waals surface area (Å²) < 4.78 is 2.51. The summed E-state index contributed by atoms with van der Waals surface area (Å²) in [5, 5.41) is 1.28. The second-order valence-corrected chi connectivity index (χ2v) is 10.9. The highest BCUT2D eigenvalue weighted by Gasteiger charge is 2.79. The number of aryl methyl sites for hydroxylation is 1. The lowest BCUT2D eigenvalue weighted by molar-refractivity contribution is 0.618. The van der Waals surface area contributed by atoms with Crippen molar-refractivity contribution in [1.82, 2.24) is 9.47 Å². The molecular weight excluding hydrogens is 458 g/mol. The molecule has 5 fully saturated rings. The number of allylic oxidation sites excluding steroid dienone is 1. The Morgan fingerprint density at radius 2 is 2.03 bits per heavy atom. The van der Waals surface area contributed by atoms with Gasteiger partial charge in [-0.1, -0.05) is 25.1 Å². The molecule has 4 aliphatic heterocycles. The van der Waals surface area contributed by atoms with Crippen LogP contribution in [-0.4, -0.2) is 54.2 Å². The third-order valence-electron chi connectivity index (χ3n) is 8.66. The van der Waals surface area contributed by atoms with Crippen molar-refractivity contribution in [3.05, 3.63) is 65.6 Å². The zero-order valence-corrected chi connectivity index (χ0v) is 21.7. The Kier molecular flexibility index (Phi) is 5.18. The minimum Gasteiger partial charge on any atom is -0.403 e. The van der Waals surface area contributed by atoms with Crippen LogP contribution >= 0.6 is 0 Å². The molecule has 37 heavy (non-hydrogen) atoms. The molecule has 190 valence electrons. The van der Waals surface area contributed by atoms with Gasteiger partial charge in [-0.3, -0.25) is 14.9 Å². The monoisotopic (exact) mass is 493 g/mol. The summed E-state index contributed by atoms with van der Waals surface area (Å²) in [5.41, 5.74) is 14.1. The van der Waals surface area contributed by atoms with Crippen molar-refractivity contribution in [2.45, 2.75) is 57.5 Å². The van der Waals surface area contributed by atoms with E-state index in [4.69, 9.17) is 5.73 Å². The van der Waals surface area contributed by atoms with Crippen molar-refractivity contribution < 1.29 is 0 Å². The van der Waals surface area contributed by atoms with E-state index < -0.39 is 0 Å². The van der Waals surface area contributed by atoms with E-state index >= 15 is 0 Å². The van der Waals surface area contributed by atoms with Gasteiger partial charge in [-0.25, -0.2) is 0 Å². The molecule has 1 saturated carbocycles. The molecule has 2 aromatic carbocycles. The summed E-state index contributed by atoms with van der Waals surface area (Å²) in [6.45, 7) is 9.07. The molecule has 1 aliphatic carbocycles. The molecule has 7 heteroatoms. The predicted molar refractivity (Wildman–Crippen MR) is 153 cm³/mol. The number of benzene rings is 2. The Morgan fingerprint density at radius 1 is 1.22 bits per heavy atom. The number of para-hydroxylation sites is 1. The Hall–Kier alpha value is -3.58. The van der Waals surface area contributed by atoms with Gasteiger partial charge in [0.15, 0.2) is 0 Å². The largest absolute Gasteiger partial charge is 0.403 e. The maximum Gasteiger partial charge on any atom is 0.100 e. The van der Waals surface area contributed by atoms with E-state index in [1.165, 1.54) is 40.7 Å². The molecule has 4 unspecified atom stereocenters. The van der Waals surface area contributed by atoms with Gasteiger partial charge in [0.1, 0.15) is 6.17 Å². The van der Waals surface area contributed by atoms with E-state index in [0.717, 1.165) is 54.6 Å². The lowest BCUT2D eigenvalue weighted by Gasteiger charge is -2.31. The highest BCUT2D eigenvalue weighted by Crippen LogP contribution is 2.60. The Morgan fingerprint density at radius 3 is 2.68 bits per heavy atom. The van der Waals surface area contributed by atoms with Crippen LogP contribution in [0.5, 0.6) is 0 Å². The van der Waals surface area contributed by atoms with Gasteiger partial charge in [0, 0.05) is 55.5 Å². The summed E-state index contributed by atoms with van der Waals surface area (Å²) in [5.74, 6) is 0.769. The molecule has 0 radical (unpaired) electrons. The number of rotatable bonds is 10. The van der Waals surface area contributed by atoms with Crippen molar-refractivity contribution in [3.63, 3.8) is 0 Å². The Bertz CT molecular complexity index is 1430. The molecule has 7 nitrogen and oxygen atoms in total. The average molecular weight is 494 g/mol. The van der Waals surface area contributed by atoms with Gasteiger partial charge in [-0.05, 0) is 67.1 Å². The molecule has 3 aromatic rings. The van der Waals surface area contributed by atoms with Crippen LogP contribution in [0.25, 0.3) is 10.9 Å². The Balaban J connectivity index is 1.33. The molecule has 4 saturated heterocycles. The smallest absolute Gasteiger partial charge is 0.100 e. The number of nitrogens with zero attached hydrogens (tertiary/aromatic N) is 6. The molecule has 2 bridgehead atoms. The van der Waals surface area contributed by atoms with Gasteiger partial charge >= 0.3 is 0 Å². The van der Waals surface area contributed by atoms with Crippen LogP contribution in [0.15, 0.2) is 64.3 Å². The Labute approximate surface area is 218 Å². The number of anilines is 2. The van der Waals surface area contributed by atoms with Crippen LogP contribution < -0.4 is 15.5 Å². The first-order valence-electron chi connectivity index (χ1n) is 13.5. The SMILES string of the molecule is C=Nc1cc(N2CC3C4C2N34)cc(CC)c1N(Cc1cc2ccccc2n1CC1CC1)C(C=NC)=CN. The molecule has 8 rings (SSSR count). The highest BCUT2D eigenvalue weighted by atomic mass is 15.7. The van der Waals surface area contributed by atoms with Crippen LogP contribution in [0.4, 0.5) is 17.1 Å². The number of piperazine rings is 1. The number of fused-ring (bicyclic) bond motifs is 2. The number of hydrogen-bond acceptors (Lipinski definition) is 6. The number of hydrogen-bond donors (Lipinski definition) is 1. The second kappa shape index (κ2) is 8.48. The van der Waals surface area contributed by atoms with E-state index in [-0.39, 0.29) is 0 Å². The third kappa shape index (κ3) is 3.59. The minimum atomic E-state index is 0.596. The number of aromatic nitrogens is 1. The number of nitrogens with two attached hydrogens (primary N) is 1. The zero-order valence-electron chi connectivity index (χ0n) is 21.7. The topological polar surface area (TPSA) is 65.2 Å². The molecule has 5 heterocycles. The minimum absolute atomic E-state index is 0.596. The second-order valence-electron chi connectivity index (χ2n) is 10.9. The lowest BCUT2D eigenvalue weighted by Crippen LogP contribution is -2.27. The van der Waals surface area contributed by atoms with Crippen molar-refractivity contribution in [3.8, 4) is 0 Å². The van der Waals surface area contributed by atoms with E-state index in [2.05, 4.69) is 85.4 Å². The van der Waals surface area contributed by atoms with E-state index in [1.807, 2.05) is 6.21 Å². The van der Waals surface area contributed by atoms with Crippen molar-refractivity contribution in [2.75, 3.05) is 23.4 Å². The fourth-order valence-electron chi connectivity index (χ4n) is 6.48. The molecule has 2 N–H and O–H groups in total. The van der Waals surface area contributed by atoms with Gasteiger partial charge in [0.2, 0.25) is 0 Å². The van der Waals surface area contributed by atoms with Crippen molar-refractivity contribution >= 4 is 40.9 Å². The molecule has 0 spiro atoms. The fraction of sp³-hybridized carbons (Fsp3) is 0.400. The van der Waals surface area contributed by atoms with Crippen LogP contribution in [0.3, 0.4) is 0 Å². The first-order valence-corrected chi connectivity index (χ1v) is 13.5. The molecular formula is C30H35N7. The van der Waals surface area contributed by atoms with Crippen molar-refractivity contribution in [2.24, 2.45) is 21.6 Å². The number of aliphatic imine (C=N–C) groups is 2. The molecule has 0 amide bonds. The van der Waals surface area contributed by atoms with Gasteiger partial charge in [0.05, 0.1) is 29.7 Å². The maximum absolute atomic E-state index is 6.23. The third-order valence-corrected chi connectivity index (χ3v) is 8.66. The van der Waals surface area contributed by atoms with Gasteiger partial charge in [0.25, 0.3) is 0 Å². The van der Waals surface area contributed by atoms with E-state index in [0.29, 0.717) is 12.7 Å². The van der Waals surface area contributed by atoms with Gasteiger partial charge in [-0.2, -0.15) is 0 Å². The van der Waals surface area contributed by atoms with Gasteiger partial charge in [-0.15, -0.1) is 0 Å². The van der Waals surface area contributed by atoms with E-state index in [9.17, 15) is 0 Å². The maximum atomic E-state index is 6.23. The zero-order chi connectivity index (χ0) is 25.3. The summed E-state index contributed by atoms with van der Waals surface area (Å²) in [6.07, 6.45) is 7.62.